The molecule has 2 aromatic carbocycles. The Morgan fingerprint density at radius 1 is 0.918 bits per heavy atom. The van der Waals surface area contributed by atoms with Crippen molar-refractivity contribution in [1.29, 1.82) is 0 Å². The molecule has 0 aliphatic carbocycles. The molecule has 1 unspecified atom stereocenters. The Morgan fingerprint density at radius 3 is 2.37 bits per heavy atom. The number of aromatic nitrogens is 5. The van der Waals surface area contributed by atoms with Crippen LogP contribution in [0.3, 0.4) is 0 Å². The Kier molecular flexibility index (Phi) is 9.07. The summed E-state index contributed by atoms with van der Waals surface area (Å²) < 4.78 is 5.58. The highest BCUT2D eigenvalue weighted by Gasteiger charge is 2.45. The molecule has 2 amide bonds. The third-order valence-corrected chi connectivity index (χ3v) is 9.56. The van der Waals surface area contributed by atoms with Crippen LogP contribution in [-0.4, -0.2) is 106 Å². The smallest absolute Gasteiger partial charge is 0.236 e. The summed E-state index contributed by atoms with van der Waals surface area (Å²) in [6.07, 6.45) is 4.09. The van der Waals surface area contributed by atoms with Gasteiger partial charge in [-0.25, -0.2) is 9.97 Å². The molecule has 0 spiro atoms. The average Bonchev–Trinajstić information content (AvgIpc) is 3.73. The molecule has 0 bridgehead atoms. The predicted octanol–water partition coefficient (Wildman–Crippen LogP) is 4.32. The molecule has 12 nitrogen and oxygen atoms in total. The molecule has 1 atom stereocenters. The van der Waals surface area contributed by atoms with Crippen LogP contribution in [-0.2, 0) is 14.3 Å². The van der Waals surface area contributed by atoms with Crippen molar-refractivity contribution in [2.45, 2.75) is 20.3 Å². The van der Waals surface area contributed by atoms with Crippen molar-refractivity contribution in [2.24, 2.45) is 5.41 Å². The highest BCUT2D eigenvalue weighted by molar-refractivity contribution is 6.00. The standard InChI is InChI=1S/C37H41N9O3/c1-25-19-28(20-26(2)40-25)34-31-21-29(7-10-32(31)42-43-34)41-36(48)37(24-49-3)11-14-44(23-37)22-33(47)46-17-15-45(16-18-46)30-8-5-27(6-9-30)35-38-12-4-13-39-35/h4-10,12-13,19-21H,11,14-18,22-24H2,1-3H3,(H,41,48)(H,42,43). The number of piperazine rings is 1. The molecular weight excluding hydrogens is 618 g/mol. The molecule has 12 heteroatoms. The minimum absolute atomic E-state index is 0.0874. The number of nitrogens with one attached hydrogen (secondary N) is 2. The summed E-state index contributed by atoms with van der Waals surface area (Å²) in [5, 5.41) is 11.7. The van der Waals surface area contributed by atoms with Gasteiger partial charge >= 0.3 is 0 Å². The Balaban J connectivity index is 0.961. The van der Waals surface area contributed by atoms with Crippen LogP contribution >= 0.6 is 0 Å². The van der Waals surface area contributed by atoms with E-state index in [9.17, 15) is 9.59 Å². The Hall–Kier alpha value is -5.20. The monoisotopic (exact) mass is 659 g/mol. The zero-order valence-electron chi connectivity index (χ0n) is 28.1. The van der Waals surface area contributed by atoms with Crippen molar-refractivity contribution in [1.82, 2.24) is 34.9 Å². The number of methoxy groups -OCH3 is 1. The molecule has 2 N–H and O–H groups in total. The first-order chi connectivity index (χ1) is 23.8. The van der Waals surface area contributed by atoms with E-state index in [1.165, 1.54) is 0 Å². The molecule has 3 aromatic heterocycles. The van der Waals surface area contributed by atoms with Crippen LogP contribution in [0, 0.1) is 19.3 Å². The lowest BCUT2D eigenvalue weighted by atomic mass is 9.87. The van der Waals surface area contributed by atoms with Gasteiger partial charge < -0.3 is 19.9 Å². The molecule has 2 fully saturated rings. The first kappa shape index (κ1) is 32.4. The summed E-state index contributed by atoms with van der Waals surface area (Å²) in [7, 11) is 1.62. The van der Waals surface area contributed by atoms with Gasteiger partial charge in [0, 0.05) is 91.5 Å². The average molecular weight is 660 g/mol. The van der Waals surface area contributed by atoms with E-state index in [0.29, 0.717) is 44.1 Å². The van der Waals surface area contributed by atoms with Gasteiger partial charge in [0.15, 0.2) is 5.82 Å². The van der Waals surface area contributed by atoms with Gasteiger partial charge in [-0.1, -0.05) is 0 Å². The zero-order valence-corrected chi connectivity index (χ0v) is 28.1. The number of hydrogen-bond acceptors (Lipinski definition) is 9. The lowest BCUT2D eigenvalue weighted by molar-refractivity contribution is -0.133. The maximum atomic E-state index is 13.9. The second-order valence-electron chi connectivity index (χ2n) is 13.1. The van der Waals surface area contributed by atoms with Crippen LogP contribution in [0.25, 0.3) is 33.5 Å². The van der Waals surface area contributed by atoms with E-state index in [1.54, 1.807) is 25.6 Å². The number of rotatable bonds is 9. The quantitative estimate of drug-likeness (QED) is 0.237. The van der Waals surface area contributed by atoms with Crippen LogP contribution in [0.1, 0.15) is 17.8 Å². The lowest BCUT2D eigenvalue weighted by Crippen LogP contribution is -2.51. The second-order valence-corrected chi connectivity index (χ2v) is 13.1. The zero-order chi connectivity index (χ0) is 34.0. The maximum absolute atomic E-state index is 13.9. The van der Waals surface area contributed by atoms with E-state index in [2.05, 4.69) is 52.4 Å². The number of nitrogens with zero attached hydrogens (tertiary/aromatic N) is 7. The van der Waals surface area contributed by atoms with Gasteiger partial charge in [0.1, 0.15) is 5.69 Å². The number of benzene rings is 2. The highest BCUT2D eigenvalue weighted by Crippen LogP contribution is 2.34. The summed E-state index contributed by atoms with van der Waals surface area (Å²) in [4.78, 5) is 46.8. The number of H-pyrrole nitrogens is 1. The van der Waals surface area contributed by atoms with Crippen LogP contribution in [0.5, 0.6) is 0 Å². The number of anilines is 2. The first-order valence-corrected chi connectivity index (χ1v) is 16.7. The van der Waals surface area contributed by atoms with Crippen molar-refractivity contribution in [3.05, 3.63) is 84.4 Å². The normalized spacial score (nSPS) is 18.3. The van der Waals surface area contributed by atoms with E-state index in [-0.39, 0.29) is 25.0 Å². The number of pyridine rings is 1. The highest BCUT2D eigenvalue weighted by atomic mass is 16.5. The minimum Gasteiger partial charge on any atom is -0.384 e. The van der Waals surface area contributed by atoms with Gasteiger partial charge in [-0.15, -0.1) is 0 Å². The Labute approximate surface area is 285 Å². The van der Waals surface area contributed by atoms with Gasteiger partial charge in [-0.05, 0) is 87.5 Å². The summed E-state index contributed by atoms with van der Waals surface area (Å²) in [5.41, 5.74) is 6.53. The number of fused-ring (bicyclic) bond motifs is 1. The van der Waals surface area contributed by atoms with Crippen LogP contribution < -0.4 is 10.2 Å². The van der Waals surface area contributed by atoms with E-state index in [0.717, 1.165) is 57.9 Å². The van der Waals surface area contributed by atoms with E-state index in [1.807, 2.05) is 61.2 Å². The molecule has 49 heavy (non-hydrogen) atoms. The third-order valence-electron chi connectivity index (χ3n) is 9.56. The molecular formula is C37H41N9O3. The number of ether oxygens (including phenoxy) is 1. The first-order valence-electron chi connectivity index (χ1n) is 16.7. The number of aryl methyl sites for hydroxylation is 2. The van der Waals surface area contributed by atoms with Gasteiger partial charge in [0.2, 0.25) is 11.8 Å². The van der Waals surface area contributed by atoms with E-state index >= 15 is 0 Å². The summed E-state index contributed by atoms with van der Waals surface area (Å²) in [5.74, 6) is 0.682. The van der Waals surface area contributed by atoms with E-state index in [4.69, 9.17) is 4.74 Å². The molecule has 0 saturated carbocycles. The number of carbonyl (C=O) groups excluding carboxylic acids is 2. The topological polar surface area (TPSA) is 132 Å². The molecule has 2 aliphatic heterocycles. The summed E-state index contributed by atoms with van der Waals surface area (Å²) >= 11 is 0. The number of amides is 2. The summed E-state index contributed by atoms with van der Waals surface area (Å²) in [6, 6.07) is 19.8. The van der Waals surface area contributed by atoms with E-state index < -0.39 is 5.41 Å². The molecule has 5 heterocycles. The van der Waals surface area contributed by atoms with Gasteiger partial charge in [-0.3, -0.25) is 24.6 Å². The van der Waals surface area contributed by atoms with Gasteiger partial charge in [0.05, 0.1) is 24.1 Å². The summed E-state index contributed by atoms with van der Waals surface area (Å²) in [6.45, 7) is 8.39. The third kappa shape index (κ3) is 6.87. The fourth-order valence-corrected chi connectivity index (χ4v) is 7.06. The largest absolute Gasteiger partial charge is 0.384 e. The van der Waals surface area contributed by atoms with Crippen LogP contribution in [0.2, 0.25) is 0 Å². The lowest BCUT2D eigenvalue weighted by Gasteiger charge is -2.37. The molecule has 2 aliphatic rings. The fraction of sp³-hybridized carbons (Fsp3) is 0.351. The SMILES string of the molecule is COCC1(C(=O)Nc2ccc3[nH]nc(-c4cc(C)nc(C)c4)c3c2)CCN(CC(=O)N2CCN(c3ccc(-c4ncccn4)cc3)CC2)C1. The molecule has 0 radical (unpaired) electrons. The maximum Gasteiger partial charge on any atom is 0.236 e. The van der Waals surface area contributed by atoms with Crippen molar-refractivity contribution >= 4 is 34.1 Å². The number of aromatic amines is 1. The second kappa shape index (κ2) is 13.7. The van der Waals surface area contributed by atoms with Crippen molar-refractivity contribution in [3.63, 3.8) is 0 Å². The number of carbonyl (C=O) groups is 2. The number of likely N-dealkylation sites (tertiary alicyclic amines) is 1. The van der Waals surface area contributed by atoms with Gasteiger partial charge in [0.25, 0.3) is 0 Å². The Morgan fingerprint density at radius 2 is 1.65 bits per heavy atom. The molecule has 2 saturated heterocycles. The van der Waals surface area contributed by atoms with Crippen LogP contribution in [0.4, 0.5) is 11.4 Å². The number of hydrogen-bond donors (Lipinski definition) is 2. The predicted molar refractivity (Wildman–Crippen MR) is 189 cm³/mol. The molecule has 5 aromatic rings. The van der Waals surface area contributed by atoms with Crippen LogP contribution in [0.15, 0.2) is 73.1 Å². The Bertz CT molecular complexity index is 1940. The minimum atomic E-state index is -0.766. The molecule has 252 valence electrons. The van der Waals surface area contributed by atoms with Gasteiger partial charge in [-0.2, -0.15) is 5.10 Å². The fourth-order valence-electron chi connectivity index (χ4n) is 7.06. The van der Waals surface area contributed by atoms with Crippen molar-refractivity contribution in [3.8, 4) is 22.6 Å². The van der Waals surface area contributed by atoms with Crippen molar-refractivity contribution in [2.75, 3.05) is 69.7 Å². The van der Waals surface area contributed by atoms with Crippen molar-refractivity contribution < 1.29 is 14.3 Å². The molecule has 7 rings (SSSR count).